The van der Waals surface area contributed by atoms with Gasteiger partial charge in [0.05, 0.1) is 6.26 Å². The van der Waals surface area contributed by atoms with Crippen LogP contribution in [-0.2, 0) is 10.0 Å². The molecule has 20 heavy (non-hydrogen) atoms. The first-order chi connectivity index (χ1) is 9.41. The molecule has 2 heterocycles. The van der Waals surface area contributed by atoms with Crippen LogP contribution in [0.2, 0.25) is 0 Å². The van der Waals surface area contributed by atoms with Gasteiger partial charge in [-0.3, -0.25) is 0 Å². The Morgan fingerprint density at radius 3 is 2.45 bits per heavy atom. The maximum absolute atomic E-state index is 11.4. The third kappa shape index (κ3) is 3.17. The van der Waals surface area contributed by atoms with Crippen LogP contribution >= 0.6 is 0 Å². The van der Waals surface area contributed by atoms with E-state index in [1.807, 2.05) is 4.90 Å². The molecule has 1 aliphatic rings. The highest BCUT2D eigenvalue weighted by Gasteiger charge is 2.23. The van der Waals surface area contributed by atoms with Crippen molar-refractivity contribution in [2.45, 2.75) is 0 Å². The first-order valence-electron chi connectivity index (χ1n) is 6.06. The highest BCUT2D eigenvalue weighted by Crippen LogP contribution is 2.15. The van der Waals surface area contributed by atoms with Crippen LogP contribution in [0.5, 0.6) is 0 Å². The summed E-state index contributed by atoms with van der Waals surface area (Å²) in [5.41, 5.74) is 6.00. The lowest BCUT2D eigenvalue weighted by molar-refractivity contribution is 0.318. The van der Waals surface area contributed by atoms with E-state index in [2.05, 4.69) is 10.1 Å². The first-order valence-corrected chi connectivity index (χ1v) is 7.90. The molecule has 1 fully saturated rings. The molecule has 0 radical (unpaired) electrons. The minimum Gasteiger partial charge on any atom is -0.409 e. The number of aromatic nitrogens is 1. The summed E-state index contributed by atoms with van der Waals surface area (Å²) in [6, 6.07) is 3.48. The number of pyridine rings is 1. The second kappa shape index (κ2) is 5.63. The fraction of sp³-hybridized carbons (Fsp3) is 0.455. The molecule has 0 atom stereocenters. The minimum atomic E-state index is -3.13. The van der Waals surface area contributed by atoms with Gasteiger partial charge in [-0.05, 0) is 12.1 Å². The van der Waals surface area contributed by atoms with Crippen molar-refractivity contribution < 1.29 is 13.6 Å². The zero-order valence-electron chi connectivity index (χ0n) is 11.1. The number of amidine groups is 1. The average Bonchev–Trinajstić information content (AvgIpc) is 2.46. The molecule has 2 rings (SSSR count). The predicted molar refractivity (Wildman–Crippen MR) is 75.4 cm³/mol. The van der Waals surface area contributed by atoms with Crippen LogP contribution in [0, 0.1) is 0 Å². The lowest BCUT2D eigenvalue weighted by Crippen LogP contribution is -2.48. The Hall–Kier alpha value is -1.87. The number of oxime groups is 1. The molecule has 0 unspecified atom stereocenters. The molecule has 1 aliphatic heterocycles. The fourth-order valence-corrected chi connectivity index (χ4v) is 2.86. The van der Waals surface area contributed by atoms with E-state index < -0.39 is 10.0 Å². The highest BCUT2D eigenvalue weighted by molar-refractivity contribution is 7.88. The molecular weight excluding hydrogens is 282 g/mol. The van der Waals surface area contributed by atoms with Crippen LogP contribution in [0.25, 0.3) is 0 Å². The molecule has 9 heteroatoms. The van der Waals surface area contributed by atoms with Crippen molar-refractivity contribution in [2.75, 3.05) is 37.3 Å². The van der Waals surface area contributed by atoms with Gasteiger partial charge in [-0.2, -0.15) is 4.31 Å². The quantitative estimate of drug-likeness (QED) is 0.329. The van der Waals surface area contributed by atoms with Crippen LogP contribution in [0.4, 0.5) is 5.82 Å². The highest BCUT2D eigenvalue weighted by atomic mass is 32.2. The number of piperazine rings is 1. The van der Waals surface area contributed by atoms with E-state index in [1.165, 1.54) is 16.8 Å². The molecule has 0 aliphatic carbocycles. The number of anilines is 1. The van der Waals surface area contributed by atoms with Gasteiger partial charge in [0.25, 0.3) is 0 Å². The summed E-state index contributed by atoms with van der Waals surface area (Å²) in [7, 11) is -3.13. The summed E-state index contributed by atoms with van der Waals surface area (Å²) in [5, 5.41) is 11.5. The zero-order valence-corrected chi connectivity index (χ0v) is 11.9. The van der Waals surface area contributed by atoms with Crippen molar-refractivity contribution in [2.24, 2.45) is 10.9 Å². The van der Waals surface area contributed by atoms with Crippen LogP contribution in [0.15, 0.2) is 23.5 Å². The molecule has 1 aromatic heterocycles. The van der Waals surface area contributed by atoms with Crippen molar-refractivity contribution >= 4 is 21.7 Å². The van der Waals surface area contributed by atoms with Crippen molar-refractivity contribution in [1.82, 2.24) is 9.29 Å². The van der Waals surface area contributed by atoms with Crippen LogP contribution in [-0.4, -0.2) is 61.2 Å². The largest absolute Gasteiger partial charge is 0.409 e. The van der Waals surface area contributed by atoms with Gasteiger partial charge < -0.3 is 15.8 Å². The Kier molecular flexibility index (Phi) is 4.09. The van der Waals surface area contributed by atoms with Gasteiger partial charge in [0.1, 0.15) is 5.82 Å². The summed E-state index contributed by atoms with van der Waals surface area (Å²) < 4.78 is 24.3. The van der Waals surface area contributed by atoms with E-state index in [0.717, 1.165) is 5.82 Å². The number of sulfonamides is 1. The van der Waals surface area contributed by atoms with Gasteiger partial charge >= 0.3 is 0 Å². The molecule has 0 aromatic carbocycles. The number of nitrogens with zero attached hydrogens (tertiary/aromatic N) is 4. The van der Waals surface area contributed by atoms with Gasteiger partial charge in [-0.15, -0.1) is 0 Å². The topological polar surface area (TPSA) is 112 Å². The molecule has 3 N–H and O–H groups in total. The Morgan fingerprint density at radius 2 is 2.00 bits per heavy atom. The van der Waals surface area contributed by atoms with Gasteiger partial charge in [0.15, 0.2) is 5.84 Å². The van der Waals surface area contributed by atoms with Gasteiger partial charge in [0.2, 0.25) is 10.0 Å². The molecule has 110 valence electrons. The average molecular weight is 299 g/mol. The maximum Gasteiger partial charge on any atom is 0.211 e. The zero-order chi connectivity index (χ0) is 14.8. The molecule has 0 saturated carbocycles. The Labute approximate surface area is 117 Å². The van der Waals surface area contributed by atoms with E-state index in [0.29, 0.717) is 31.7 Å². The summed E-state index contributed by atoms with van der Waals surface area (Å²) >= 11 is 0. The van der Waals surface area contributed by atoms with Crippen LogP contribution in [0.3, 0.4) is 0 Å². The standard InChI is InChI=1S/C11H17N5O3S/c1-20(18,19)16-6-4-15(5-7-16)10-3-2-9(8-13-10)11(12)14-17/h2-3,8,17H,4-7H2,1H3,(H2,12,14). The monoisotopic (exact) mass is 299 g/mol. The predicted octanol–water partition coefficient (Wildman–Crippen LogP) is -0.742. The SMILES string of the molecule is CS(=O)(=O)N1CCN(c2ccc(C(N)=NO)cn2)CC1. The molecule has 1 aromatic rings. The van der Waals surface area contributed by atoms with Crippen molar-refractivity contribution in [3.8, 4) is 0 Å². The normalized spacial score (nSPS) is 18.2. The minimum absolute atomic E-state index is 0.00551. The second-order valence-corrected chi connectivity index (χ2v) is 6.52. The van der Waals surface area contributed by atoms with E-state index in [9.17, 15) is 8.42 Å². The molecule has 0 bridgehead atoms. The van der Waals surface area contributed by atoms with Crippen molar-refractivity contribution in [3.63, 3.8) is 0 Å². The van der Waals surface area contributed by atoms with E-state index in [4.69, 9.17) is 10.9 Å². The number of hydrogen-bond acceptors (Lipinski definition) is 6. The summed E-state index contributed by atoms with van der Waals surface area (Å²) in [6.45, 7) is 2.07. The molecular formula is C11H17N5O3S. The van der Waals surface area contributed by atoms with Gasteiger partial charge in [-0.25, -0.2) is 13.4 Å². The summed E-state index contributed by atoms with van der Waals surface area (Å²) in [5.74, 6) is 0.749. The molecule has 0 spiro atoms. The first kappa shape index (κ1) is 14.5. The van der Waals surface area contributed by atoms with E-state index in [-0.39, 0.29) is 5.84 Å². The second-order valence-electron chi connectivity index (χ2n) is 4.54. The van der Waals surface area contributed by atoms with E-state index in [1.54, 1.807) is 12.1 Å². The van der Waals surface area contributed by atoms with E-state index >= 15 is 0 Å². The summed E-state index contributed by atoms with van der Waals surface area (Å²) in [4.78, 5) is 6.24. The fourth-order valence-electron chi connectivity index (χ4n) is 2.03. The summed E-state index contributed by atoms with van der Waals surface area (Å²) in [6.07, 6.45) is 2.74. The number of nitrogens with two attached hydrogens (primary N) is 1. The van der Waals surface area contributed by atoms with Crippen LogP contribution < -0.4 is 10.6 Å². The van der Waals surface area contributed by atoms with Gasteiger partial charge in [-0.1, -0.05) is 5.16 Å². The molecule has 0 amide bonds. The molecule has 1 saturated heterocycles. The Bertz CT molecular complexity index is 591. The third-order valence-corrected chi connectivity index (χ3v) is 4.49. The maximum atomic E-state index is 11.4. The Balaban J connectivity index is 2.04. The van der Waals surface area contributed by atoms with Crippen molar-refractivity contribution in [1.29, 1.82) is 0 Å². The van der Waals surface area contributed by atoms with Crippen LogP contribution in [0.1, 0.15) is 5.56 Å². The lowest BCUT2D eigenvalue weighted by atomic mass is 10.2. The number of rotatable bonds is 3. The lowest BCUT2D eigenvalue weighted by Gasteiger charge is -2.33. The Morgan fingerprint density at radius 1 is 1.35 bits per heavy atom. The van der Waals surface area contributed by atoms with Gasteiger partial charge in [0, 0.05) is 37.9 Å². The number of hydrogen-bond donors (Lipinski definition) is 2. The van der Waals surface area contributed by atoms with Crippen molar-refractivity contribution in [3.05, 3.63) is 23.9 Å². The third-order valence-electron chi connectivity index (χ3n) is 3.18. The smallest absolute Gasteiger partial charge is 0.211 e. The molecule has 8 nitrogen and oxygen atoms in total.